The zero-order valence-corrected chi connectivity index (χ0v) is 32.3. The molecular weight excluding hydrogens is 588 g/mol. The molecule has 0 aliphatic rings. The van der Waals surface area contributed by atoms with Crippen molar-refractivity contribution in [3.63, 3.8) is 0 Å². The number of hydrogen-bond acceptors (Lipinski definition) is 1. The highest BCUT2D eigenvalue weighted by Gasteiger charge is 2.79. The maximum Gasteiger partial charge on any atom is 0.209 e. The van der Waals surface area contributed by atoms with Crippen LogP contribution in [0.2, 0.25) is 30.2 Å². The van der Waals surface area contributed by atoms with Gasteiger partial charge in [-0.25, -0.2) is 0 Å². The SMILES string of the molecule is CO[Si]([Si](C(C)(C)C)(C(C)(C)C)C(C)(C)C)[Si](Br)(Br)[Si](C(C)(C)C)(C(C)(C)C)C(C)(C)C. The molecule has 0 aliphatic carbocycles. The second-order valence-corrected chi connectivity index (χ2v) is 64.2. The average molecular weight is 646 g/mol. The van der Waals surface area contributed by atoms with Gasteiger partial charge in [0, 0.05) is 7.11 Å². The van der Waals surface area contributed by atoms with Crippen LogP contribution >= 0.6 is 30.6 Å². The third kappa shape index (κ3) is 4.85. The lowest BCUT2D eigenvalue weighted by atomic mass is 10.2. The van der Waals surface area contributed by atoms with Crippen molar-refractivity contribution < 1.29 is 4.43 Å². The van der Waals surface area contributed by atoms with E-state index in [0.717, 1.165) is 0 Å². The van der Waals surface area contributed by atoms with Gasteiger partial charge in [0.15, 0.2) is 0 Å². The van der Waals surface area contributed by atoms with E-state index in [1.54, 1.807) is 0 Å². The molecule has 32 heavy (non-hydrogen) atoms. The lowest BCUT2D eigenvalue weighted by Crippen LogP contribution is -2.85. The first kappa shape index (κ1) is 33.8. The smallest absolute Gasteiger partial charge is 0.209 e. The standard InChI is InChI=1S/C25H57Br2OSi4/c1-20(2,3)30(21(4,5)6,22(7,8)9)29(28-19)32(26,27)31(23(10,11)12,24(13,14)15)25(16,17)18/h1-19H3. The molecular formula is C25H57Br2OSi4. The summed E-state index contributed by atoms with van der Waals surface area (Å²) in [5.74, 6) is 0. The van der Waals surface area contributed by atoms with Gasteiger partial charge in [-0.1, -0.05) is 125 Å². The molecule has 0 saturated heterocycles. The Morgan fingerprint density at radius 3 is 0.812 bits per heavy atom. The molecule has 0 unspecified atom stereocenters. The molecule has 0 amide bonds. The summed E-state index contributed by atoms with van der Waals surface area (Å²) in [6, 6.07) is 0. The fourth-order valence-corrected chi connectivity index (χ4v) is 138. The van der Waals surface area contributed by atoms with E-state index in [1.807, 2.05) is 0 Å². The Bertz CT molecular complexity index is 576. The highest BCUT2D eigenvalue weighted by atomic mass is 79.9. The van der Waals surface area contributed by atoms with Crippen LogP contribution in [0.15, 0.2) is 0 Å². The van der Waals surface area contributed by atoms with Crippen molar-refractivity contribution in [1.29, 1.82) is 0 Å². The minimum Gasteiger partial charge on any atom is -0.425 e. The van der Waals surface area contributed by atoms with Crippen LogP contribution < -0.4 is 0 Å². The van der Waals surface area contributed by atoms with E-state index in [1.165, 1.54) is 0 Å². The summed E-state index contributed by atoms with van der Waals surface area (Å²) in [4.78, 5) is 0. The summed E-state index contributed by atoms with van der Waals surface area (Å²) < 4.78 is 4.74. The van der Waals surface area contributed by atoms with Gasteiger partial charge in [0.2, 0.25) is 12.4 Å². The third-order valence-electron chi connectivity index (χ3n) is 8.05. The Morgan fingerprint density at radius 2 is 0.688 bits per heavy atom. The molecule has 0 atom stereocenters. The van der Waals surface area contributed by atoms with Crippen LogP contribution in [-0.4, -0.2) is 34.7 Å². The number of halogens is 2. The molecule has 193 valence electrons. The summed E-state index contributed by atoms with van der Waals surface area (Å²) in [5, 5.41) is 1.27. The van der Waals surface area contributed by atoms with E-state index < -0.39 is 27.6 Å². The van der Waals surface area contributed by atoms with Crippen molar-refractivity contribution in [2.24, 2.45) is 0 Å². The minimum atomic E-state index is -2.28. The predicted octanol–water partition coefficient (Wildman–Crippen LogP) is 10.8. The molecule has 0 fully saturated rings. The van der Waals surface area contributed by atoms with E-state index in [4.69, 9.17) is 35.0 Å². The monoisotopic (exact) mass is 643 g/mol. The Labute approximate surface area is 223 Å². The second-order valence-electron chi connectivity index (χ2n) is 16.1. The molecule has 0 N–H and O–H groups in total. The van der Waals surface area contributed by atoms with Crippen LogP contribution in [0.25, 0.3) is 0 Å². The predicted molar refractivity (Wildman–Crippen MR) is 166 cm³/mol. The fraction of sp³-hybridized carbons (Fsp3) is 1.00. The number of hydrogen-bond donors (Lipinski definition) is 0. The van der Waals surface area contributed by atoms with Gasteiger partial charge in [0.1, 0.15) is 0 Å². The molecule has 7 heteroatoms. The van der Waals surface area contributed by atoms with Crippen molar-refractivity contribution in [3.05, 3.63) is 0 Å². The average Bonchev–Trinajstić information content (AvgIpc) is 2.33. The lowest BCUT2D eigenvalue weighted by Gasteiger charge is -2.69. The Balaban J connectivity index is 8.11. The highest BCUT2D eigenvalue weighted by Crippen LogP contribution is 2.72. The first-order chi connectivity index (χ1) is 13.4. The first-order valence-corrected chi connectivity index (χ1v) is 27.2. The lowest BCUT2D eigenvalue weighted by molar-refractivity contribution is 0.432. The van der Waals surface area contributed by atoms with Gasteiger partial charge >= 0.3 is 0 Å². The largest absolute Gasteiger partial charge is 0.425 e. The maximum atomic E-state index is 7.02. The molecule has 0 aromatic rings. The van der Waals surface area contributed by atoms with Crippen molar-refractivity contribution in [2.75, 3.05) is 7.11 Å². The van der Waals surface area contributed by atoms with Crippen LogP contribution in [0.3, 0.4) is 0 Å². The van der Waals surface area contributed by atoms with Crippen LogP contribution in [0.5, 0.6) is 0 Å². The van der Waals surface area contributed by atoms with Gasteiger partial charge in [-0.2, -0.15) is 0 Å². The first-order valence-electron chi connectivity index (χ1n) is 12.2. The van der Waals surface area contributed by atoms with Crippen LogP contribution in [-0.2, 0) is 4.43 Å². The van der Waals surface area contributed by atoms with Gasteiger partial charge in [-0.3, -0.25) is 0 Å². The van der Waals surface area contributed by atoms with Crippen LogP contribution in [0.1, 0.15) is 125 Å². The number of rotatable bonds is 4. The van der Waals surface area contributed by atoms with Crippen molar-refractivity contribution in [2.45, 2.75) is 155 Å². The summed E-state index contributed by atoms with van der Waals surface area (Å²) in [6.45, 7) is 45.5. The van der Waals surface area contributed by atoms with Gasteiger partial charge in [0.25, 0.3) is 0 Å². The molecule has 0 heterocycles. The van der Waals surface area contributed by atoms with Gasteiger partial charge in [-0.05, 0) is 30.2 Å². The summed E-state index contributed by atoms with van der Waals surface area (Å²) in [6.07, 6.45) is 0. The summed E-state index contributed by atoms with van der Waals surface area (Å²) >= 11 is 9.45. The molecule has 0 rings (SSSR count). The van der Waals surface area contributed by atoms with Crippen molar-refractivity contribution >= 4 is 58.2 Å². The molecule has 0 aromatic carbocycles. The van der Waals surface area contributed by atoms with Crippen molar-refractivity contribution in [3.8, 4) is 0 Å². The highest BCUT2D eigenvalue weighted by molar-refractivity contribution is 9.55. The van der Waals surface area contributed by atoms with Gasteiger partial charge < -0.3 is 4.43 Å². The summed E-state index contributed by atoms with van der Waals surface area (Å²) in [7, 11) is -3.47. The zero-order chi connectivity index (χ0) is 26.8. The normalized spacial score (nSPS) is 16.7. The van der Waals surface area contributed by atoms with E-state index in [9.17, 15) is 0 Å². The summed E-state index contributed by atoms with van der Waals surface area (Å²) in [5.41, 5.74) is 0. The zero-order valence-electron chi connectivity index (χ0n) is 25.2. The Morgan fingerprint density at radius 1 is 0.469 bits per heavy atom. The van der Waals surface area contributed by atoms with E-state index >= 15 is 0 Å². The van der Waals surface area contributed by atoms with Crippen molar-refractivity contribution in [1.82, 2.24) is 0 Å². The molecule has 0 bridgehead atoms. The fourth-order valence-electron chi connectivity index (χ4n) is 9.87. The maximum absolute atomic E-state index is 7.02. The van der Waals surface area contributed by atoms with E-state index in [-0.39, 0.29) is 30.2 Å². The minimum absolute atomic E-state index is 0.210. The van der Waals surface area contributed by atoms with Crippen LogP contribution in [0, 0.1) is 0 Å². The molecule has 1 nitrogen and oxygen atoms in total. The van der Waals surface area contributed by atoms with Gasteiger partial charge in [-0.15, -0.1) is 30.6 Å². The topological polar surface area (TPSA) is 9.23 Å². The molecule has 1 radical (unpaired) electrons. The second kappa shape index (κ2) is 9.27. The van der Waals surface area contributed by atoms with Gasteiger partial charge in [0.05, 0.1) is 15.2 Å². The molecule has 0 aromatic heterocycles. The van der Waals surface area contributed by atoms with E-state index in [2.05, 4.69) is 132 Å². The third-order valence-corrected chi connectivity index (χ3v) is 83.7. The van der Waals surface area contributed by atoms with E-state index in [0.29, 0.717) is 0 Å². The Hall–Kier alpha value is 1.79. The van der Waals surface area contributed by atoms with Crippen LogP contribution in [0.4, 0.5) is 0 Å². The molecule has 0 saturated carbocycles. The Kier molecular flexibility index (Phi) is 9.79. The molecule has 0 spiro atoms. The molecule has 0 aliphatic heterocycles. The quantitative estimate of drug-likeness (QED) is 0.218.